The smallest absolute Gasteiger partial charge is 0.307 e. The quantitative estimate of drug-likeness (QED) is 0.113. The number of anilines is 1. The normalized spacial score (nSPS) is 10.8. The molecule has 2 heterocycles. The lowest BCUT2D eigenvalue weighted by atomic mass is 9.99. The van der Waals surface area contributed by atoms with Crippen LogP contribution >= 0.6 is 0 Å². The van der Waals surface area contributed by atoms with Crippen LogP contribution in [0.4, 0.5) is 5.69 Å². The highest BCUT2D eigenvalue weighted by Gasteiger charge is 2.22. The number of H-pyrrole nitrogens is 1. The van der Waals surface area contributed by atoms with Crippen LogP contribution in [-0.2, 0) is 16.0 Å². The Balaban J connectivity index is 1.58. The van der Waals surface area contributed by atoms with Crippen LogP contribution in [0.15, 0.2) is 67.0 Å². The standard InChI is InChI=1S/C30H31N5O4/c1-3-39-27(37)14-16-35(30(38)22-5-4-15-33-18-22)23-11-12-24-25(17-23)34-19(2)28(24)26(36)13-8-20-6-9-21(10-7-20)29(31)32/h4-7,9-12,15,17-18,34H,3,8,13-14,16H2,1-2H3,(H3,31,32). The van der Waals surface area contributed by atoms with Crippen molar-refractivity contribution in [2.45, 2.75) is 33.1 Å². The van der Waals surface area contributed by atoms with Gasteiger partial charge in [0.25, 0.3) is 5.91 Å². The molecule has 4 aromatic rings. The van der Waals surface area contributed by atoms with E-state index in [9.17, 15) is 14.4 Å². The van der Waals surface area contributed by atoms with Gasteiger partial charge in [0.05, 0.1) is 18.6 Å². The van der Waals surface area contributed by atoms with Crippen LogP contribution in [0.3, 0.4) is 0 Å². The zero-order valence-corrected chi connectivity index (χ0v) is 22.0. The van der Waals surface area contributed by atoms with Gasteiger partial charge in [-0.2, -0.15) is 0 Å². The lowest BCUT2D eigenvalue weighted by Gasteiger charge is -2.22. The molecule has 0 aliphatic rings. The van der Waals surface area contributed by atoms with Crippen LogP contribution in [0.1, 0.15) is 57.3 Å². The van der Waals surface area contributed by atoms with Crippen LogP contribution in [0.2, 0.25) is 0 Å². The predicted molar refractivity (Wildman–Crippen MR) is 150 cm³/mol. The van der Waals surface area contributed by atoms with E-state index in [1.807, 2.05) is 31.2 Å². The molecule has 2 aromatic heterocycles. The zero-order valence-electron chi connectivity index (χ0n) is 22.0. The van der Waals surface area contributed by atoms with Gasteiger partial charge in [-0.3, -0.25) is 24.8 Å². The topological polar surface area (TPSA) is 142 Å². The molecule has 4 rings (SSSR count). The molecule has 0 aliphatic carbocycles. The number of aromatic amines is 1. The number of nitrogen functional groups attached to an aromatic ring is 1. The highest BCUT2D eigenvalue weighted by molar-refractivity contribution is 6.11. The van der Waals surface area contributed by atoms with E-state index in [0.29, 0.717) is 35.2 Å². The second-order valence-electron chi connectivity index (χ2n) is 9.14. The first-order valence-electron chi connectivity index (χ1n) is 12.7. The van der Waals surface area contributed by atoms with Gasteiger partial charge >= 0.3 is 5.97 Å². The molecule has 9 heteroatoms. The number of Topliss-reactive ketones (excluding diaryl/α,β-unsaturated/α-hetero) is 1. The molecule has 39 heavy (non-hydrogen) atoms. The van der Waals surface area contributed by atoms with E-state index in [2.05, 4.69) is 9.97 Å². The Morgan fingerprint density at radius 1 is 1.05 bits per heavy atom. The molecule has 1 amide bonds. The van der Waals surface area contributed by atoms with E-state index in [0.717, 1.165) is 22.2 Å². The fraction of sp³-hybridized carbons (Fsp3) is 0.233. The SMILES string of the molecule is CCOC(=O)CCN(C(=O)c1cccnc1)c1ccc2c(C(=O)CCc3ccc(C(=N)N)cc3)c(C)[nH]c2c1. The molecule has 4 N–H and O–H groups in total. The number of nitrogens with zero attached hydrogens (tertiary/aromatic N) is 2. The molecule has 0 bridgehead atoms. The summed E-state index contributed by atoms with van der Waals surface area (Å²) < 4.78 is 5.05. The first-order valence-corrected chi connectivity index (χ1v) is 12.7. The van der Waals surface area contributed by atoms with Crippen molar-refractivity contribution in [1.29, 1.82) is 5.41 Å². The van der Waals surface area contributed by atoms with Crippen LogP contribution < -0.4 is 10.6 Å². The fourth-order valence-electron chi connectivity index (χ4n) is 4.51. The van der Waals surface area contributed by atoms with Gasteiger partial charge in [0.15, 0.2) is 5.78 Å². The number of amidine groups is 1. The third-order valence-corrected chi connectivity index (χ3v) is 6.46. The van der Waals surface area contributed by atoms with Crippen molar-refractivity contribution in [3.05, 3.63) is 94.9 Å². The third kappa shape index (κ3) is 6.38. The third-order valence-electron chi connectivity index (χ3n) is 6.46. The average molecular weight is 526 g/mol. The number of ketones is 1. The van der Waals surface area contributed by atoms with E-state index >= 15 is 0 Å². The minimum absolute atomic E-state index is 0.00717. The van der Waals surface area contributed by atoms with E-state index in [1.54, 1.807) is 43.5 Å². The van der Waals surface area contributed by atoms with E-state index < -0.39 is 0 Å². The van der Waals surface area contributed by atoms with Crippen molar-refractivity contribution in [1.82, 2.24) is 9.97 Å². The van der Waals surface area contributed by atoms with E-state index in [4.69, 9.17) is 15.9 Å². The van der Waals surface area contributed by atoms with Gasteiger partial charge in [-0.1, -0.05) is 30.3 Å². The zero-order chi connectivity index (χ0) is 27.9. The Bertz CT molecular complexity index is 1510. The summed E-state index contributed by atoms with van der Waals surface area (Å²) in [6.45, 7) is 3.99. The number of nitrogens with one attached hydrogen (secondary N) is 2. The monoisotopic (exact) mass is 525 g/mol. The summed E-state index contributed by atoms with van der Waals surface area (Å²) in [6.07, 6.45) is 4.00. The van der Waals surface area contributed by atoms with Crippen molar-refractivity contribution in [3.63, 3.8) is 0 Å². The Morgan fingerprint density at radius 2 is 1.82 bits per heavy atom. The summed E-state index contributed by atoms with van der Waals surface area (Å²) in [5.41, 5.74) is 10.2. The Kier molecular flexibility index (Phi) is 8.50. The first kappa shape index (κ1) is 27.3. The van der Waals surface area contributed by atoms with Crippen molar-refractivity contribution >= 4 is 40.1 Å². The largest absolute Gasteiger partial charge is 0.466 e. The molecule has 9 nitrogen and oxygen atoms in total. The summed E-state index contributed by atoms with van der Waals surface area (Å²) in [7, 11) is 0. The minimum Gasteiger partial charge on any atom is -0.466 e. The number of carbonyl (C=O) groups is 3. The number of carbonyl (C=O) groups excluding carboxylic acids is 3. The molecule has 0 fully saturated rings. The summed E-state index contributed by atoms with van der Waals surface area (Å²) >= 11 is 0. The number of benzene rings is 2. The number of nitrogens with two attached hydrogens (primary N) is 1. The Labute approximate surface area is 226 Å². The number of hydrogen-bond donors (Lipinski definition) is 3. The number of aromatic nitrogens is 2. The predicted octanol–water partition coefficient (Wildman–Crippen LogP) is 4.57. The second-order valence-corrected chi connectivity index (χ2v) is 9.14. The summed E-state index contributed by atoms with van der Waals surface area (Å²) in [5.74, 6) is -0.662. The number of amides is 1. The molecule has 0 saturated heterocycles. The van der Waals surface area contributed by atoms with E-state index in [1.165, 1.54) is 11.1 Å². The van der Waals surface area contributed by atoms with Crippen LogP contribution in [0.25, 0.3) is 10.9 Å². The highest BCUT2D eigenvalue weighted by Crippen LogP contribution is 2.29. The summed E-state index contributed by atoms with van der Waals surface area (Å²) in [4.78, 5) is 47.5. The van der Waals surface area contributed by atoms with Gasteiger partial charge in [-0.05, 0) is 50.1 Å². The summed E-state index contributed by atoms with van der Waals surface area (Å²) in [6, 6.07) is 16.1. The van der Waals surface area contributed by atoms with Crippen LogP contribution in [-0.4, -0.2) is 46.6 Å². The number of rotatable bonds is 11. The van der Waals surface area contributed by atoms with Crippen molar-refractivity contribution in [2.75, 3.05) is 18.1 Å². The van der Waals surface area contributed by atoms with Gasteiger partial charge in [0.2, 0.25) is 0 Å². The Hall–Kier alpha value is -4.79. The fourth-order valence-corrected chi connectivity index (χ4v) is 4.51. The van der Waals surface area contributed by atoms with Crippen molar-refractivity contribution in [3.8, 4) is 0 Å². The first-order chi connectivity index (χ1) is 18.8. The van der Waals surface area contributed by atoms with Gasteiger partial charge in [0.1, 0.15) is 5.84 Å². The summed E-state index contributed by atoms with van der Waals surface area (Å²) in [5, 5.41) is 8.28. The van der Waals surface area contributed by atoms with E-state index in [-0.39, 0.29) is 43.1 Å². The van der Waals surface area contributed by atoms with Gasteiger partial charge in [-0.15, -0.1) is 0 Å². The molecule has 0 aliphatic heterocycles. The molecule has 2 aromatic carbocycles. The van der Waals surface area contributed by atoms with Gasteiger partial charge in [0, 0.05) is 58.8 Å². The number of esters is 1. The van der Waals surface area contributed by atoms with Crippen LogP contribution in [0.5, 0.6) is 0 Å². The molecule has 0 saturated carbocycles. The second kappa shape index (κ2) is 12.2. The highest BCUT2D eigenvalue weighted by atomic mass is 16.5. The van der Waals surface area contributed by atoms with Gasteiger partial charge < -0.3 is 20.4 Å². The van der Waals surface area contributed by atoms with Crippen molar-refractivity contribution < 1.29 is 19.1 Å². The molecule has 0 radical (unpaired) electrons. The molecule has 0 atom stereocenters. The number of hydrogen-bond acceptors (Lipinski definition) is 6. The lowest BCUT2D eigenvalue weighted by molar-refractivity contribution is -0.142. The number of ether oxygens (including phenoxy) is 1. The molecule has 0 spiro atoms. The maximum absolute atomic E-state index is 13.4. The maximum atomic E-state index is 13.4. The number of pyridine rings is 1. The van der Waals surface area contributed by atoms with Crippen LogP contribution in [0, 0.1) is 12.3 Å². The maximum Gasteiger partial charge on any atom is 0.307 e. The molecule has 0 unspecified atom stereocenters. The van der Waals surface area contributed by atoms with Crippen molar-refractivity contribution in [2.24, 2.45) is 5.73 Å². The molecular formula is C30H31N5O4. The molecular weight excluding hydrogens is 494 g/mol. The number of fused-ring (bicyclic) bond motifs is 1. The average Bonchev–Trinajstić information content (AvgIpc) is 3.27. The molecule has 200 valence electrons. The van der Waals surface area contributed by atoms with Gasteiger partial charge in [-0.25, -0.2) is 0 Å². The number of aryl methyl sites for hydroxylation is 2. The Morgan fingerprint density at radius 3 is 2.49 bits per heavy atom. The lowest BCUT2D eigenvalue weighted by Crippen LogP contribution is -2.33. The minimum atomic E-state index is -0.387.